The van der Waals surface area contributed by atoms with E-state index in [1.165, 1.54) is 0 Å². The number of amides is 2. The summed E-state index contributed by atoms with van der Waals surface area (Å²) in [6.07, 6.45) is 2.06. The van der Waals surface area contributed by atoms with Gasteiger partial charge in [-0.15, -0.1) is 0 Å². The number of carbonyl (C=O) groups excluding carboxylic acids is 1. The largest absolute Gasteiger partial charge is 0.497 e. The first-order chi connectivity index (χ1) is 13.7. The summed E-state index contributed by atoms with van der Waals surface area (Å²) in [5.41, 5.74) is 2.82. The Balaban J connectivity index is 1.65. The minimum absolute atomic E-state index is 0.141. The fourth-order valence-corrected chi connectivity index (χ4v) is 3.66. The molecule has 1 aliphatic heterocycles. The van der Waals surface area contributed by atoms with Crippen molar-refractivity contribution in [1.29, 1.82) is 0 Å². The van der Waals surface area contributed by atoms with Gasteiger partial charge in [0.25, 0.3) is 0 Å². The highest BCUT2D eigenvalue weighted by Gasteiger charge is 2.32. The third kappa shape index (κ3) is 3.41. The van der Waals surface area contributed by atoms with Crippen LogP contribution in [0.1, 0.15) is 17.3 Å². The van der Waals surface area contributed by atoms with Crippen LogP contribution < -0.4 is 14.8 Å². The number of urea groups is 1. The smallest absolute Gasteiger partial charge is 0.322 e. The second-order valence-electron chi connectivity index (χ2n) is 6.66. The summed E-state index contributed by atoms with van der Waals surface area (Å²) in [6.45, 7) is 1.38. The number of nitrogens with zero attached hydrogens (tertiary/aromatic N) is 2. The number of aromatic nitrogens is 1. The molecule has 0 fully saturated rings. The highest BCUT2D eigenvalue weighted by Crippen LogP contribution is 2.33. The number of fused-ring (bicyclic) bond motifs is 1. The molecule has 0 saturated carbocycles. The van der Waals surface area contributed by atoms with Crippen molar-refractivity contribution in [1.82, 2.24) is 9.47 Å². The maximum Gasteiger partial charge on any atom is 0.322 e. The molecular weight excluding hydrogens is 354 g/mol. The first-order valence-corrected chi connectivity index (χ1v) is 9.20. The van der Waals surface area contributed by atoms with E-state index in [1.807, 2.05) is 29.2 Å². The highest BCUT2D eigenvalue weighted by molar-refractivity contribution is 5.90. The van der Waals surface area contributed by atoms with E-state index >= 15 is 0 Å². The number of ether oxygens (including phenoxy) is 2. The Bertz CT molecular complexity index is 946. The molecule has 28 heavy (non-hydrogen) atoms. The number of methoxy groups -OCH3 is 2. The molecule has 0 radical (unpaired) electrons. The summed E-state index contributed by atoms with van der Waals surface area (Å²) in [5, 5.41) is 3.00. The van der Waals surface area contributed by atoms with Crippen molar-refractivity contribution in [3.8, 4) is 11.5 Å². The van der Waals surface area contributed by atoms with Gasteiger partial charge in [0.15, 0.2) is 0 Å². The molecule has 2 heterocycles. The molecule has 1 atom stereocenters. The number of benzene rings is 2. The standard InChI is InChI=1S/C22H23N3O3/c1-27-18-13-17(14-19(15-18)28-2)23-22(26)25-12-11-24-10-6-9-20(24)21(25)16-7-4-3-5-8-16/h3-10,13-15,21H,11-12H2,1-2H3,(H,23,26). The summed E-state index contributed by atoms with van der Waals surface area (Å²) in [6, 6.07) is 19.2. The first kappa shape index (κ1) is 18.0. The highest BCUT2D eigenvalue weighted by atomic mass is 16.5. The minimum atomic E-state index is -0.156. The monoisotopic (exact) mass is 377 g/mol. The van der Waals surface area contributed by atoms with Crippen LogP contribution in [0.15, 0.2) is 66.9 Å². The Hall–Kier alpha value is -3.41. The lowest BCUT2D eigenvalue weighted by Gasteiger charge is -2.37. The van der Waals surface area contributed by atoms with Crippen molar-refractivity contribution in [2.75, 3.05) is 26.1 Å². The molecule has 0 bridgehead atoms. The van der Waals surface area contributed by atoms with Crippen molar-refractivity contribution in [3.05, 3.63) is 78.1 Å². The fraction of sp³-hybridized carbons (Fsp3) is 0.227. The van der Waals surface area contributed by atoms with Gasteiger partial charge < -0.3 is 24.3 Å². The molecular formula is C22H23N3O3. The molecule has 1 unspecified atom stereocenters. The van der Waals surface area contributed by atoms with Crippen LogP contribution in [0.5, 0.6) is 11.5 Å². The Labute approximate surface area is 164 Å². The van der Waals surface area contributed by atoms with Gasteiger partial charge in [-0.1, -0.05) is 30.3 Å². The van der Waals surface area contributed by atoms with E-state index < -0.39 is 0 Å². The first-order valence-electron chi connectivity index (χ1n) is 9.20. The molecule has 0 saturated heterocycles. The van der Waals surface area contributed by atoms with E-state index in [0.29, 0.717) is 23.7 Å². The zero-order valence-corrected chi connectivity index (χ0v) is 16.0. The average molecular weight is 377 g/mol. The summed E-state index contributed by atoms with van der Waals surface area (Å²) in [7, 11) is 3.18. The van der Waals surface area contributed by atoms with Crippen molar-refractivity contribution in [2.24, 2.45) is 0 Å². The van der Waals surface area contributed by atoms with Crippen LogP contribution in [0.2, 0.25) is 0 Å². The van der Waals surface area contributed by atoms with E-state index in [-0.39, 0.29) is 12.1 Å². The Morgan fingerprint density at radius 1 is 0.964 bits per heavy atom. The van der Waals surface area contributed by atoms with Crippen molar-refractivity contribution in [3.63, 3.8) is 0 Å². The van der Waals surface area contributed by atoms with Gasteiger partial charge in [0, 0.05) is 48.9 Å². The second-order valence-corrected chi connectivity index (χ2v) is 6.66. The van der Waals surface area contributed by atoms with Crippen LogP contribution in [-0.2, 0) is 6.54 Å². The predicted octanol–water partition coefficient (Wildman–Crippen LogP) is 4.14. The van der Waals surface area contributed by atoms with Crippen LogP contribution in [0.4, 0.5) is 10.5 Å². The van der Waals surface area contributed by atoms with Crippen LogP contribution in [0, 0.1) is 0 Å². The van der Waals surface area contributed by atoms with Gasteiger partial charge in [-0.05, 0) is 17.7 Å². The maximum absolute atomic E-state index is 13.2. The van der Waals surface area contributed by atoms with Crippen LogP contribution in [0.3, 0.4) is 0 Å². The van der Waals surface area contributed by atoms with Crippen molar-refractivity contribution in [2.45, 2.75) is 12.6 Å². The number of nitrogens with one attached hydrogen (secondary N) is 1. The van der Waals surface area contributed by atoms with Crippen molar-refractivity contribution < 1.29 is 14.3 Å². The lowest BCUT2D eigenvalue weighted by atomic mass is 10.0. The molecule has 2 amide bonds. The van der Waals surface area contributed by atoms with Gasteiger partial charge in [-0.25, -0.2) is 4.79 Å². The van der Waals surface area contributed by atoms with Crippen LogP contribution in [0.25, 0.3) is 0 Å². The molecule has 1 aromatic heterocycles. The molecule has 3 aromatic rings. The summed E-state index contributed by atoms with van der Waals surface area (Å²) >= 11 is 0. The molecule has 144 valence electrons. The van der Waals surface area contributed by atoms with Gasteiger partial charge >= 0.3 is 6.03 Å². The quantitative estimate of drug-likeness (QED) is 0.743. The van der Waals surface area contributed by atoms with E-state index in [2.05, 4.69) is 34.3 Å². The second kappa shape index (κ2) is 7.68. The third-order valence-corrected chi connectivity index (χ3v) is 5.02. The topological polar surface area (TPSA) is 55.7 Å². The fourth-order valence-electron chi connectivity index (χ4n) is 3.66. The zero-order valence-electron chi connectivity index (χ0n) is 16.0. The molecule has 0 aliphatic carbocycles. The molecule has 6 nitrogen and oxygen atoms in total. The molecule has 0 spiro atoms. The molecule has 1 aliphatic rings. The minimum Gasteiger partial charge on any atom is -0.497 e. The lowest BCUT2D eigenvalue weighted by molar-refractivity contribution is 0.182. The number of rotatable bonds is 4. The molecule has 2 aromatic carbocycles. The third-order valence-electron chi connectivity index (χ3n) is 5.02. The summed E-state index contributed by atoms with van der Waals surface area (Å²) in [4.78, 5) is 15.1. The van der Waals surface area contributed by atoms with Gasteiger partial charge in [0.05, 0.1) is 20.3 Å². The van der Waals surface area contributed by atoms with E-state index in [9.17, 15) is 4.79 Å². The van der Waals surface area contributed by atoms with E-state index in [0.717, 1.165) is 17.8 Å². The Morgan fingerprint density at radius 3 is 2.36 bits per heavy atom. The van der Waals surface area contributed by atoms with Crippen LogP contribution in [-0.4, -0.2) is 36.3 Å². The summed E-state index contributed by atoms with van der Waals surface area (Å²) in [5.74, 6) is 1.25. The van der Waals surface area contributed by atoms with Gasteiger partial charge in [0.2, 0.25) is 0 Å². The number of carbonyl (C=O) groups is 1. The lowest BCUT2D eigenvalue weighted by Crippen LogP contribution is -2.44. The molecule has 6 heteroatoms. The van der Waals surface area contributed by atoms with Gasteiger partial charge in [-0.2, -0.15) is 0 Å². The normalized spacial score (nSPS) is 15.6. The van der Waals surface area contributed by atoms with Gasteiger partial charge in [-0.3, -0.25) is 0 Å². The van der Waals surface area contributed by atoms with E-state index in [4.69, 9.17) is 9.47 Å². The van der Waals surface area contributed by atoms with Crippen LogP contribution >= 0.6 is 0 Å². The van der Waals surface area contributed by atoms with E-state index in [1.54, 1.807) is 32.4 Å². The van der Waals surface area contributed by atoms with Gasteiger partial charge in [0.1, 0.15) is 11.5 Å². The maximum atomic E-state index is 13.2. The molecule has 4 rings (SSSR count). The zero-order chi connectivity index (χ0) is 19.5. The number of anilines is 1. The predicted molar refractivity (Wildman–Crippen MR) is 108 cm³/mol. The number of hydrogen-bond donors (Lipinski definition) is 1. The Kier molecular flexibility index (Phi) is 4.93. The summed E-state index contributed by atoms with van der Waals surface area (Å²) < 4.78 is 12.8. The number of hydrogen-bond acceptors (Lipinski definition) is 3. The average Bonchev–Trinajstić information content (AvgIpc) is 3.22. The Morgan fingerprint density at radius 2 is 1.68 bits per heavy atom. The SMILES string of the molecule is COc1cc(NC(=O)N2CCn3cccc3C2c2ccccc2)cc(OC)c1. The van der Waals surface area contributed by atoms with Crippen molar-refractivity contribution >= 4 is 11.7 Å². The molecule has 1 N–H and O–H groups in total.